The number of fused-ring (bicyclic) bond motifs is 1. The number of para-hydroxylation sites is 1. The van der Waals surface area contributed by atoms with E-state index in [4.69, 9.17) is 0 Å². The minimum atomic E-state index is -4.85. The zero-order chi connectivity index (χ0) is 20.6. The monoisotopic (exact) mass is 426 g/mol. The molecule has 29 heavy (non-hydrogen) atoms. The van der Waals surface area contributed by atoms with Crippen molar-refractivity contribution in [2.24, 2.45) is 0 Å². The fourth-order valence-electron chi connectivity index (χ4n) is 3.28. The number of benzene rings is 2. The summed E-state index contributed by atoms with van der Waals surface area (Å²) in [5.41, 5.74) is 1.79. The van der Waals surface area contributed by atoms with Crippen LogP contribution in [0, 0.1) is 0 Å². The maximum absolute atomic E-state index is 13.0. The second kappa shape index (κ2) is 7.23. The molecule has 2 aromatic carbocycles. The maximum atomic E-state index is 13.0. The molecule has 0 spiro atoms. The molecule has 1 aliphatic rings. The van der Waals surface area contributed by atoms with Crippen LogP contribution < -0.4 is 15.0 Å². The van der Waals surface area contributed by atoms with Crippen molar-refractivity contribution in [3.8, 4) is 5.75 Å². The Morgan fingerprint density at radius 2 is 1.72 bits per heavy atom. The number of ether oxygens (including phenoxy) is 1. The Morgan fingerprint density at radius 3 is 2.38 bits per heavy atom. The zero-order valence-electron chi connectivity index (χ0n) is 15.1. The molecule has 1 aromatic heterocycles. The topological polar surface area (TPSA) is 76.5 Å². The molecule has 0 bridgehead atoms. The Hall–Kier alpha value is -2.79. The number of hydrogen-bond donors (Lipinski definition) is 1. The number of alkyl halides is 3. The number of anilines is 1. The van der Waals surface area contributed by atoms with Crippen molar-refractivity contribution in [1.29, 1.82) is 0 Å². The molecule has 3 aromatic rings. The van der Waals surface area contributed by atoms with Gasteiger partial charge in [-0.2, -0.15) is 0 Å². The third kappa shape index (κ3) is 3.87. The highest BCUT2D eigenvalue weighted by Crippen LogP contribution is 2.29. The van der Waals surface area contributed by atoms with Crippen LogP contribution in [0.4, 0.5) is 18.9 Å². The van der Waals surface area contributed by atoms with Crippen molar-refractivity contribution in [3.05, 3.63) is 48.8 Å². The van der Waals surface area contributed by atoms with Crippen LogP contribution in [0.5, 0.6) is 5.75 Å². The molecule has 11 heteroatoms. The summed E-state index contributed by atoms with van der Waals surface area (Å²) in [6.45, 7) is 3.20. The summed E-state index contributed by atoms with van der Waals surface area (Å²) in [6, 6.07) is 9.36. The van der Waals surface area contributed by atoms with Crippen molar-refractivity contribution in [2.75, 3.05) is 31.1 Å². The molecule has 1 N–H and O–H groups in total. The highest BCUT2D eigenvalue weighted by Gasteiger charge is 2.31. The standard InChI is InChI=1S/C18H17F3N4O3S/c19-18(20,21)28-13-4-6-14(7-5-13)29(26,27)25-12-23-17-15(2-1-3-16(17)25)24-10-8-22-9-11-24/h1-7,12,22H,8-11H2. The average Bonchev–Trinajstić information content (AvgIpc) is 3.13. The van der Waals surface area contributed by atoms with E-state index in [0.717, 1.165) is 60.1 Å². The van der Waals surface area contributed by atoms with Gasteiger partial charge in [0.1, 0.15) is 17.6 Å². The van der Waals surface area contributed by atoms with Crippen LogP contribution in [0.2, 0.25) is 0 Å². The number of imidazole rings is 1. The Bertz CT molecular complexity index is 1120. The van der Waals surface area contributed by atoms with Crippen molar-refractivity contribution >= 4 is 26.7 Å². The molecule has 0 saturated carbocycles. The van der Waals surface area contributed by atoms with E-state index in [9.17, 15) is 21.6 Å². The summed E-state index contributed by atoms with van der Waals surface area (Å²) in [4.78, 5) is 6.26. The molecular formula is C18H17F3N4O3S. The second-order valence-electron chi connectivity index (χ2n) is 6.45. The average molecular weight is 426 g/mol. The van der Waals surface area contributed by atoms with Gasteiger partial charge in [0.05, 0.1) is 16.1 Å². The summed E-state index contributed by atoms with van der Waals surface area (Å²) in [5.74, 6) is -0.493. The molecule has 0 unspecified atom stereocenters. The normalized spacial score (nSPS) is 15.6. The van der Waals surface area contributed by atoms with E-state index < -0.39 is 22.1 Å². The van der Waals surface area contributed by atoms with Gasteiger partial charge in [-0.1, -0.05) is 6.07 Å². The molecule has 0 amide bonds. The molecule has 1 saturated heterocycles. The van der Waals surface area contributed by atoms with Gasteiger partial charge in [0, 0.05) is 26.2 Å². The lowest BCUT2D eigenvalue weighted by molar-refractivity contribution is -0.274. The fraction of sp³-hybridized carbons (Fsp3) is 0.278. The van der Waals surface area contributed by atoms with Gasteiger partial charge < -0.3 is 15.0 Å². The first-order valence-electron chi connectivity index (χ1n) is 8.79. The summed E-state index contributed by atoms with van der Waals surface area (Å²) in [5, 5.41) is 3.26. The Morgan fingerprint density at radius 1 is 1.03 bits per heavy atom. The van der Waals surface area contributed by atoms with E-state index in [1.165, 1.54) is 6.33 Å². The van der Waals surface area contributed by atoms with Crippen LogP contribution in [0.1, 0.15) is 0 Å². The van der Waals surface area contributed by atoms with E-state index in [1.54, 1.807) is 12.1 Å². The molecule has 4 rings (SSSR count). The van der Waals surface area contributed by atoms with Gasteiger partial charge in [0.25, 0.3) is 10.0 Å². The van der Waals surface area contributed by atoms with E-state index >= 15 is 0 Å². The van der Waals surface area contributed by atoms with E-state index in [-0.39, 0.29) is 4.90 Å². The van der Waals surface area contributed by atoms with Crippen molar-refractivity contribution in [1.82, 2.24) is 14.3 Å². The molecule has 2 heterocycles. The van der Waals surface area contributed by atoms with Crippen LogP contribution in [-0.2, 0) is 10.0 Å². The summed E-state index contributed by atoms with van der Waals surface area (Å²) >= 11 is 0. The predicted molar refractivity (Wildman–Crippen MR) is 101 cm³/mol. The molecule has 154 valence electrons. The van der Waals surface area contributed by atoms with Crippen LogP contribution >= 0.6 is 0 Å². The van der Waals surface area contributed by atoms with Crippen LogP contribution in [0.3, 0.4) is 0 Å². The number of rotatable bonds is 4. The summed E-state index contributed by atoms with van der Waals surface area (Å²) in [6.07, 6.45) is -3.63. The van der Waals surface area contributed by atoms with E-state index in [0.29, 0.717) is 11.0 Å². The summed E-state index contributed by atoms with van der Waals surface area (Å²) in [7, 11) is -4.04. The van der Waals surface area contributed by atoms with Crippen molar-refractivity contribution < 1.29 is 26.3 Å². The third-order valence-electron chi connectivity index (χ3n) is 4.59. The molecule has 1 fully saturated rings. The predicted octanol–water partition coefficient (Wildman–Crippen LogP) is 2.58. The SMILES string of the molecule is O=S(=O)(c1ccc(OC(F)(F)F)cc1)n1cnc2c(N3CCNCC3)cccc21. The molecule has 7 nitrogen and oxygen atoms in total. The summed E-state index contributed by atoms with van der Waals surface area (Å²) < 4.78 is 67.8. The lowest BCUT2D eigenvalue weighted by atomic mass is 10.2. The highest BCUT2D eigenvalue weighted by molar-refractivity contribution is 7.90. The van der Waals surface area contributed by atoms with Gasteiger partial charge >= 0.3 is 6.36 Å². The first-order chi connectivity index (χ1) is 13.8. The number of hydrogen-bond acceptors (Lipinski definition) is 6. The smallest absolute Gasteiger partial charge is 0.406 e. The molecule has 0 atom stereocenters. The third-order valence-corrected chi connectivity index (χ3v) is 6.27. The Labute approximate surface area is 164 Å². The molecule has 1 aliphatic heterocycles. The van der Waals surface area contributed by atoms with Crippen LogP contribution in [0.25, 0.3) is 11.0 Å². The fourth-order valence-corrected chi connectivity index (χ4v) is 4.57. The number of nitrogens with one attached hydrogen (secondary N) is 1. The number of halogens is 3. The van der Waals surface area contributed by atoms with Gasteiger partial charge in [-0.25, -0.2) is 17.4 Å². The Kier molecular flexibility index (Phi) is 4.87. The molecule has 0 aliphatic carbocycles. The minimum Gasteiger partial charge on any atom is -0.406 e. The Balaban J connectivity index is 1.70. The maximum Gasteiger partial charge on any atom is 0.573 e. The van der Waals surface area contributed by atoms with Gasteiger partial charge in [-0.15, -0.1) is 13.2 Å². The number of piperazine rings is 1. The minimum absolute atomic E-state index is 0.168. The van der Waals surface area contributed by atoms with E-state index in [2.05, 4.69) is 19.9 Å². The quantitative estimate of drug-likeness (QED) is 0.691. The second-order valence-corrected chi connectivity index (χ2v) is 8.26. The van der Waals surface area contributed by atoms with Gasteiger partial charge in [-0.3, -0.25) is 0 Å². The molecular weight excluding hydrogens is 409 g/mol. The highest BCUT2D eigenvalue weighted by atomic mass is 32.2. The van der Waals surface area contributed by atoms with Gasteiger partial charge in [-0.05, 0) is 36.4 Å². The van der Waals surface area contributed by atoms with Crippen molar-refractivity contribution in [3.63, 3.8) is 0 Å². The lowest BCUT2D eigenvalue weighted by Gasteiger charge is -2.29. The zero-order valence-corrected chi connectivity index (χ0v) is 15.9. The number of aromatic nitrogens is 2. The van der Waals surface area contributed by atoms with Crippen LogP contribution in [-0.4, -0.2) is 49.9 Å². The first kappa shape index (κ1) is 19.5. The van der Waals surface area contributed by atoms with Gasteiger partial charge in [0.2, 0.25) is 0 Å². The first-order valence-corrected chi connectivity index (χ1v) is 10.2. The molecule has 0 radical (unpaired) electrons. The van der Waals surface area contributed by atoms with Crippen LogP contribution in [0.15, 0.2) is 53.7 Å². The lowest BCUT2D eigenvalue weighted by Crippen LogP contribution is -2.43. The van der Waals surface area contributed by atoms with Crippen molar-refractivity contribution in [2.45, 2.75) is 11.3 Å². The van der Waals surface area contributed by atoms with Gasteiger partial charge in [0.15, 0.2) is 0 Å². The number of nitrogens with zero attached hydrogens (tertiary/aromatic N) is 3. The largest absolute Gasteiger partial charge is 0.573 e. The van der Waals surface area contributed by atoms with E-state index in [1.807, 2.05) is 6.07 Å².